The largest absolute Gasteiger partial charge is 0.494 e. The topological polar surface area (TPSA) is 62.2 Å². The molecule has 0 radical (unpaired) electrons. The van der Waals surface area contributed by atoms with E-state index in [0.29, 0.717) is 11.4 Å². The molecule has 0 fully saturated rings. The van der Waals surface area contributed by atoms with Crippen molar-refractivity contribution < 1.29 is 4.74 Å². The summed E-state index contributed by atoms with van der Waals surface area (Å²) in [7, 11) is 3.42. The molecule has 5 nitrogen and oxygen atoms in total. The van der Waals surface area contributed by atoms with Crippen molar-refractivity contribution in [3.05, 3.63) is 40.3 Å². The highest BCUT2D eigenvalue weighted by molar-refractivity contribution is 5.52. The number of nitrogen functional groups attached to an aromatic ring is 1. The van der Waals surface area contributed by atoms with Crippen LogP contribution < -0.4 is 16.0 Å². The van der Waals surface area contributed by atoms with Crippen molar-refractivity contribution in [2.45, 2.75) is 26.2 Å². The van der Waals surface area contributed by atoms with Gasteiger partial charge in [0.1, 0.15) is 17.1 Å². The van der Waals surface area contributed by atoms with Crippen LogP contribution in [0.5, 0.6) is 5.75 Å². The summed E-state index contributed by atoms with van der Waals surface area (Å²) in [6.45, 7) is 6.10. The summed E-state index contributed by atoms with van der Waals surface area (Å²) in [6.07, 6.45) is 0. The fourth-order valence-corrected chi connectivity index (χ4v) is 2.59. The minimum absolute atomic E-state index is 0.217. The maximum absolute atomic E-state index is 12.5. The summed E-state index contributed by atoms with van der Waals surface area (Å²) in [6, 6.07) is 7.39. The lowest BCUT2D eigenvalue weighted by Gasteiger charge is -2.21. The van der Waals surface area contributed by atoms with Gasteiger partial charge in [-0.05, 0) is 12.1 Å². The molecule has 1 aromatic carbocycles. The van der Waals surface area contributed by atoms with E-state index in [1.807, 2.05) is 52.1 Å². The maximum atomic E-state index is 12.5. The Hall–Kier alpha value is -2.17. The first-order valence-corrected chi connectivity index (χ1v) is 6.50. The maximum Gasteiger partial charge on any atom is 0.294 e. The average molecular weight is 275 g/mol. The van der Waals surface area contributed by atoms with E-state index in [2.05, 4.69) is 0 Å². The van der Waals surface area contributed by atoms with Crippen LogP contribution in [0.3, 0.4) is 0 Å². The van der Waals surface area contributed by atoms with E-state index >= 15 is 0 Å². The van der Waals surface area contributed by atoms with E-state index in [-0.39, 0.29) is 16.7 Å². The molecular formula is C15H21N3O2. The highest BCUT2D eigenvalue weighted by atomic mass is 16.5. The van der Waals surface area contributed by atoms with Crippen molar-refractivity contribution in [1.29, 1.82) is 0 Å². The van der Waals surface area contributed by atoms with Gasteiger partial charge in [-0.3, -0.25) is 9.48 Å². The van der Waals surface area contributed by atoms with E-state index in [9.17, 15) is 4.79 Å². The molecular weight excluding hydrogens is 254 g/mol. The fraction of sp³-hybridized carbons (Fsp3) is 0.400. The van der Waals surface area contributed by atoms with Crippen molar-refractivity contribution in [3.63, 3.8) is 0 Å². The van der Waals surface area contributed by atoms with E-state index in [0.717, 1.165) is 5.69 Å². The summed E-state index contributed by atoms with van der Waals surface area (Å²) in [5, 5.41) is 0. The highest BCUT2D eigenvalue weighted by Crippen LogP contribution is 2.28. The second-order valence-electron chi connectivity index (χ2n) is 5.82. The SMILES string of the molecule is COc1ccccc1-n1c(=O)c(N)c(C(C)(C)C)n1C. The average Bonchev–Trinajstić information content (AvgIpc) is 2.59. The number of aromatic nitrogens is 2. The van der Waals surface area contributed by atoms with Gasteiger partial charge in [0.15, 0.2) is 0 Å². The van der Waals surface area contributed by atoms with Gasteiger partial charge in [-0.2, -0.15) is 0 Å². The predicted octanol–water partition coefficient (Wildman–Crippen LogP) is 2.06. The van der Waals surface area contributed by atoms with Crippen molar-refractivity contribution in [3.8, 4) is 11.4 Å². The van der Waals surface area contributed by atoms with Gasteiger partial charge < -0.3 is 10.5 Å². The minimum Gasteiger partial charge on any atom is -0.494 e. The van der Waals surface area contributed by atoms with E-state index in [1.54, 1.807) is 16.5 Å². The van der Waals surface area contributed by atoms with Crippen molar-refractivity contribution in [1.82, 2.24) is 9.36 Å². The molecule has 5 heteroatoms. The zero-order valence-electron chi connectivity index (χ0n) is 12.6. The Labute approximate surface area is 118 Å². The Morgan fingerprint density at radius 2 is 1.80 bits per heavy atom. The standard InChI is InChI=1S/C15H21N3O2/c1-15(2,3)13-12(16)14(19)18(17(13)4)10-8-6-7-9-11(10)20-5/h6-9H,16H2,1-5H3. The summed E-state index contributed by atoms with van der Waals surface area (Å²) < 4.78 is 8.68. The molecule has 108 valence electrons. The van der Waals surface area contributed by atoms with Crippen LogP contribution in [0.4, 0.5) is 5.69 Å². The number of ether oxygens (including phenoxy) is 1. The Morgan fingerprint density at radius 3 is 2.30 bits per heavy atom. The number of hydrogen-bond donors (Lipinski definition) is 1. The molecule has 0 atom stereocenters. The molecule has 0 aliphatic carbocycles. The van der Waals surface area contributed by atoms with Gasteiger partial charge in [0.05, 0.1) is 12.8 Å². The number of nitrogens with zero attached hydrogens (tertiary/aromatic N) is 2. The molecule has 1 aromatic heterocycles. The molecule has 0 saturated carbocycles. The van der Waals surface area contributed by atoms with Gasteiger partial charge in [-0.25, -0.2) is 4.68 Å². The molecule has 1 heterocycles. The quantitative estimate of drug-likeness (QED) is 0.912. The zero-order valence-corrected chi connectivity index (χ0v) is 12.6. The normalized spacial score (nSPS) is 11.7. The molecule has 0 saturated heterocycles. The van der Waals surface area contributed by atoms with Gasteiger partial charge in [0.25, 0.3) is 5.56 Å². The Bertz CT molecular complexity index is 690. The molecule has 2 N–H and O–H groups in total. The van der Waals surface area contributed by atoms with Crippen LogP contribution in [0.25, 0.3) is 5.69 Å². The van der Waals surface area contributed by atoms with Crippen molar-refractivity contribution in [2.75, 3.05) is 12.8 Å². The lowest BCUT2D eigenvalue weighted by atomic mass is 9.91. The number of anilines is 1. The first-order chi connectivity index (χ1) is 9.29. The van der Waals surface area contributed by atoms with Gasteiger partial charge in [0, 0.05) is 12.5 Å². The first kappa shape index (κ1) is 14.2. The van der Waals surface area contributed by atoms with E-state index in [4.69, 9.17) is 10.5 Å². The lowest BCUT2D eigenvalue weighted by molar-refractivity contribution is 0.407. The Morgan fingerprint density at radius 1 is 1.20 bits per heavy atom. The first-order valence-electron chi connectivity index (χ1n) is 6.50. The number of benzene rings is 1. The second kappa shape index (κ2) is 4.74. The fourth-order valence-electron chi connectivity index (χ4n) is 2.59. The number of para-hydroxylation sites is 2. The summed E-state index contributed by atoms with van der Waals surface area (Å²) in [4.78, 5) is 12.5. The van der Waals surface area contributed by atoms with Crippen LogP contribution in [0.2, 0.25) is 0 Å². The molecule has 0 spiro atoms. The summed E-state index contributed by atoms with van der Waals surface area (Å²) in [5.41, 5.74) is 7.37. The highest BCUT2D eigenvalue weighted by Gasteiger charge is 2.27. The number of nitrogens with two attached hydrogens (primary N) is 1. The van der Waals surface area contributed by atoms with Crippen LogP contribution in [0.1, 0.15) is 26.5 Å². The van der Waals surface area contributed by atoms with Crippen LogP contribution in [-0.4, -0.2) is 16.5 Å². The molecule has 2 aromatic rings. The second-order valence-corrected chi connectivity index (χ2v) is 5.82. The van der Waals surface area contributed by atoms with Crippen molar-refractivity contribution in [2.24, 2.45) is 7.05 Å². The number of methoxy groups -OCH3 is 1. The third-order valence-electron chi connectivity index (χ3n) is 3.33. The molecule has 0 aliphatic heterocycles. The van der Waals surface area contributed by atoms with Crippen molar-refractivity contribution >= 4 is 5.69 Å². The molecule has 0 unspecified atom stereocenters. The number of hydrogen-bond acceptors (Lipinski definition) is 3. The van der Waals surface area contributed by atoms with Crippen LogP contribution in [-0.2, 0) is 12.5 Å². The van der Waals surface area contributed by atoms with Gasteiger partial charge in [-0.15, -0.1) is 0 Å². The summed E-state index contributed by atoms with van der Waals surface area (Å²) in [5.74, 6) is 0.635. The van der Waals surface area contributed by atoms with Crippen LogP contribution in [0.15, 0.2) is 29.1 Å². The molecule has 0 amide bonds. The van der Waals surface area contributed by atoms with Gasteiger partial charge in [-0.1, -0.05) is 32.9 Å². The molecule has 0 bridgehead atoms. The van der Waals surface area contributed by atoms with Crippen LogP contribution >= 0.6 is 0 Å². The Kier molecular flexibility index (Phi) is 3.38. The molecule has 0 aliphatic rings. The minimum atomic E-state index is -0.220. The summed E-state index contributed by atoms with van der Waals surface area (Å²) >= 11 is 0. The lowest BCUT2D eigenvalue weighted by Crippen LogP contribution is -2.22. The van der Waals surface area contributed by atoms with Gasteiger partial charge >= 0.3 is 0 Å². The number of rotatable bonds is 2. The molecule has 2 rings (SSSR count). The van der Waals surface area contributed by atoms with E-state index in [1.165, 1.54) is 0 Å². The van der Waals surface area contributed by atoms with E-state index < -0.39 is 0 Å². The van der Waals surface area contributed by atoms with Gasteiger partial charge in [0.2, 0.25) is 0 Å². The monoisotopic (exact) mass is 275 g/mol. The Balaban J connectivity index is 2.81. The smallest absolute Gasteiger partial charge is 0.294 e. The van der Waals surface area contributed by atoms with Crippen LogP contribution in [0, 0.1) is 0 Å². The predicted molar refractivity (Wildman–Crippen MR) is 80.7 cm³/mol. The molecule has 20 heavy (non-hydrogen) atoms. The zero-order chi connectivity index (χ0) is 15.1. The third-order valence-corrected chi connectivity index (χ3v) is 3.33. The third kappa shape index (κ3) is 2.09.